The SMILES string of the molecule is CCCCCCCCOc1ccc(C=CCSC(C)=O)cc1. The number of ether oxygens (including phenoxy) is 1. The summed E-state index contributed by atoms with van der Waals surface area (Å²) in [6, 6.07) is 8.11. The van der Waals surface area contributed by atoms with Crippen LogP contribution < -0.4 is 4.74 Å². The first kappa shape index (κ1) is 18.8. The van der Waals surface area contributed by atoms with Crippen LogP contribution in [0.2, 0.25) is 0 Å². The summed E-state index contributed by atoms with van der Waals surface area (Å²) in [5, 5.41) is 0.156. The molecule has 0 unspecified atom stereocenters. The van der Waals surface area contributed by atoms with Crippen molar-refractivity contribution in [2.75, 3.05) is 12.4 Å². The Labute approximate surface area is 139 Å². The highest BCUT2D eigenvalue weighted by molar-refractivity contribution is 8.13. The van der Waals surface area contributed by atoms with Gasteiger partial charge in [0.15, 0.2) is 5.12 Å². The Balaban J connectivity index is 2.17. The van der Waals surface area contributed by atoms with Gasteiger partial charge in [-0.3, -0.25) is 4.79 Å². The van der Waals surface area contributed by atoms with Crippen LogP contribution in [0.4, 0.5) is 0 Å². The van der Waals surface area contributed by atoms with E-state index in [1.54, 1.807) is 6.92 Å². The standard InChI is InChI=1S/C19H28O2S/c1-3-4-5-6-7-8-15-21-19-13-11-18(12-14-19)10-9-16-22-17(2)20/h9-14H,3-8,15-16H2,1-2H3. The van der Waals surface area contributed by atoms with Gasteiger partial charge in [-0.05, 0) is 24.1 Å². The zero-order valence-corrected chi connectivity index (χ0v) is 14.7. The number of carbonyl (C=O) groups is 1. The second-order valence-electron chi connectivity index (χ2n) is 5.39. The van der Waals surface area contributed by atoms with Crippen LogP contribution >= 0.6 is 11.8 Å². The number of benzene rings is 1. The highest BCUT2D eigenvalue weighted by atomic mass is 32.2. The van der Waals surface area contributed by atoms with E-state index in [1.165, 1.54) is 43.9 Å². The van der Waals surface area contributed by atoms with Gasteiger partial charge in [0.1, 0.15) is 5.75 Å². The number of carbonyl (C=O) groups excluding carboxylic acids is 1. The zero-order valence-electron chi connectivity index (χ0n) is 13.8. The summed E-state index contributed by atoms with van der Waals surface area (Å²) in [5.41, 5.74) is 1.14. The molecule has 0 radical (unpaired) electrons. The number of thioether (sulfide) groups is 1. The van der Waals surface area contributed by atoms with Crippen LogP contribution in [0.1, 0.15) is 57.9 Å². The molecular formula is C19H28O2S. The predicted molar refractivity (Wildman–Crippen MR) is 97.5 cm³/mol. The smallest absolute Gasteiger partial charge is 0.186 e. The Morgan fingerprint density at radius 3 is 2.45 bits per heavy atom. The van der Waals surface area contributed by atoms with Crippen molar-refractivity contribution in [2.24, 2.45) is 0 Å². The lowest BCUT2D eigenvalue weighted by Gasteiger charge is -2.06. The molecule has 0 aliphatic carbocycles. The van der Waals surface area contributed by atoms with Gasteiger partial charge in [-0.2, -0.15) is 0 Å². The molecule has 0 amide bonds. The van der Waals surface area contributed by atoms with Crippen molar-refractivity contribution in [2.45, 2.75) is 52.4 Å². The first-order valence-corrected chi connectivity index (χ1v) is 9.23. The molecule has 0 N–H and O–H groups in total. The van der Waals surface area contributed by atoms with Gasteiger partial charge in [-0.25, -0.2) is 0 Å². The third-order valence-electron chi connectivity index (χ3n) is 3.34. The van der Waals surface area contributed by atoms with E-state index in [1.807, 2.05) is 36.4 Å². The van der Waals surface area contributed by atoms with Crippen molar-refractivity contribution in [1.29, 1.82) is 0 Å². The molecule has 2 nitrogen and oxygen atoms in total. The molecule has 1 rings (SSSR count). The number of hydrogen-bond acceptors (Lipinski definition) is 3. The summed E-state index contributed by atoms with van der Waals surface area (Å²) < 4.78 is 5.75. The molecule has 22 heavy (non-hydrogen) atoms. The lowest BCUT2D eigenvalue weighted by molar-refractivity contribution is -0.109. The Kier molecular flexibility index (Phi) is 10.6. The van der Waals surface area contributed by atoms with Crippen LogP contribution in [0.3, 0.4) is 0 Å². The molecule has 0 heterocycles. The molecule has 0 atom stereocenters. The third-order valence-corrected chi connectivity index (χ3v) is 4.11. The fourth-order valence-electron chi connectivity index (χ4n) is 2.10. The van der Waals surface area contributed by atoms with Crippen LogP contribution in [-0.2, 0) is 4.79 Å². The molecule has 0 fully saturated rings. The minimum absolute atomic E-state index is 0.156. The van der Waals surface area contributed by atoms with E-state index in [9.17, 15) is 4.79 Å². The zero-order chi connectivity index (χ0) is 16.0. The van der Waals surface area contributed by atoms with Gasteiger partial charge in [-0.15, -0.1) is 0 Å². The van der Waals surface area contributed by atoms with E-state index in [0.29, 0.717) is 0 Å². The first-order chi connectivity index (χ1) is 10.7. The molecule has 122 valence electrons. The Morgan fingerprint density at radius 2 is 1.77 bits per heavy atom. The average Bonchev–Trinajstić information content (AvgIpc) is 2.52. The Bertz CT molecular complexity index is 437. The van der Waals surface area contributed by atoms with Crippen LogP contribution in [-0.4, -0.2) is 17.5 Å². The first-order valence-electron chi connectivity index (χ1n) is 8.25. The van der Waals surface area contributed by atoms with E-state index in [-0.39, 0.29) is 5.12 Å². The van der Waals surface area contributed by atoms with Crippen molar-refractivity contribution in [3.05, 3.63) is 35.9 Å². The molecule has 0 bridgehead atoms. The Hall–Kier alpha value is -1.22. The van der Waals surface area contributed by atoms with Crippen molar-refractivity contribution in [3.63, 3.8) is 0 Å². The largest absolute Gasteiger partial charge is 0.494 e. The highest BCUT2D eigenvalue weighted by Crippen LogP contribution is 2.14. The second-order valence-corrected chi connectivity index (χ2v) is 6.59. The fourth-order valence-corrected chi connectivity index (χ4v) is 2.52. The quantitative estimate of drug-likeness (QED) is 0.488. The molecule has 1 aromatic carbocycles. The molecule has 3 heteroatoms. The Morgan fingerprint density at radius 1 is 1.09 bits per heavy atom. The summed E-state index contributed by atoms with van der Waals surface area (Å²) in [6.45, 7) is 4.63. The van der Waals surface area contributed by atoms with Crippen LogP contribution in [0, 0.1) is 0 Å². The average molecular weight is 320 g/mol. The third kappa shape index (κ3) is 9.67. The van der Waals surface area contributed by atoms with Gasteiger partial charge >= 0.3 is 0 Å². The van der Waals surface area contributed by atoms with Gasteiger partial charge in [0.05, 0.1) is 6.61 Å². The maximum atomic E-state index is 10.8. The highest BCUT2D eigenvalue weighted by Gasteiger charge is 1.95. The van der Waals surface area contributed by atoms with Gasteiger partial charge in [0.25, 0.3) is 0 Å². The minimum atomic E-state index is 0.156. The summed E-state index contributed by atoms with van der Waals surface area (Å²) in [5.74, 6) is 1.66. The van der Waals surface area contributed by atoms with Gasteiger partial charge in [-0.1, -0.05) is 75.1 Å². The normalized spacial score (nSPS) is 11.0. The van der Waals surface area contributed by atoms with Crippen molar-refractivity contribution >= 4 is 23.0 Å². The van der Waals surface area contributed by atoms with E-state index in [4.69, 9.17) is 4.74 Å². The fraction of sp³-hybridized carbons (Fsp3) is 0.526. The minimum Gasteiger partial charge on any atom is -0.494 e. The van der Waals surface area contributed by atoms with Crippen LogP contribution in [0.25, 0.3) is 6.08 Å². The lowest BCUT2D eigenvalue weighted by atomic mass is 10.1. The van der Waals surface area contributed by atoms with Crippen molar-refractivity contribution in [1.82, 2.24) is 0 Å². The van der Waals surface area contributed by atoms with Crippen molar-refractivity contribution < 1.29 is 9.53 Å². The number of unbranched alkanes of at least 4 members (excludes halogenated alkanes) is 5. The molecule has 0 saturated heterocycles. The van der Waals surface area contributed by atoms with Gasteiger partial charge < -0.3 is 4.74 Å². The molecule has 0 spiro atoms. The van der Waals surface area contributed by atoms with Gasteiger partial charge in [0, 0.05) is 12.7 Å². The summed E-state index contributed by atoms with van der Waals surface area (Å²) in [6.07, 6.45) is 11.7. The van der Waals surface area contributed by atoms with E-state index in [0.717, 1.165) is 30.1 Å². The van der Waals surface area contributed by atoms with Crippen molar-refractivity contribution in [3.8, 4) is 5.75 Å². The lowest BCUT2D eigenvalue weighted by Crippen LogP contribution is -1.97. The molecule has 0 saturated carbocycles. The maximum absolute atomic E-state index is 10.8. The topological polar surface area (TPSA) is 26.3 Å². The van der Waals surface area contributed by atoms with E-state index < -0.39 is 0 Å². The maximum Gasteiger partial charge on any atom is 0.186 e. The monoisotopic (exact) mass is 320 g/mol. The van der Waals surface area contributed by atoms with Crippen LogP contribution in [0.15, 0.2) is 30.3 Å². The number of hydrogen-bond donors (Lipinski definition) is 0. The summed E-state index contributed by atoms with van der Waals surface area (Å²) >= 11 is 1.32. The van der Waals surface area contributed by atoms with Crippen LogP contribution in [0.5, 0.6) is 5.75 Å². The summed E-state index contributed by atoms with van der Waals surface area (Å²) in [4.78, 5) is 10.8. The van der Waals surface area contributed by atoms with E-state index >= 15 is 0 Å². The van der Waals surface area contributed by atoms with E-state index in [2.05, 4.69) is 6.92 Å². The molecule has 1 aromatic rings. The molecule has 0 aromatic heterocycles. The molecular weight excluding hydrogens is 292 g/mol. The molecule has 0 aliphatic rings. The number of rotatable bonds is 11. The van der Waals surface area contributed by atoms with Gasteiger partial charge in [0.2, 0.25) is 0 Å². The predicted octanol–water partition coefficient (Wildman–Crippen LogP) is 5.72. The summed E-state index contributed by atoms with van der Waals surface area (Å²) in [7, 11) is 0. The second kappa shape index (κ2) is 12.3. The molecule has 0 aliphatic heterocycles.